The molecular formula is C94H74Cl10F2N10O6S6. The summed E-state index contributed by atoms with van der Waals surface area (Å²) in [4.78, 5) is 52.0. The van der Waals surface area contributed by atoms with E-state index in [1.165, 1.54) is 71.7 Å². The molecule has 4 N–H and O–H groups in total. The van der Waals surface area contributed by atoms with Gasteiger partial charge in [-0.2, -0.15) is 0 Å². The van der Waals surface area contributed by atoms with Crippen molar-refractivity contribution in [2.24, 2.45) is 20.0 Å². The maximum Gasteiger partial charge on any atom is 0.265 e. The standard InChI is InChI=1S/C24H18Cl3N3OS.C24H18Cl2FN3OS.C23H19Cl3N2O2S2.C23H19Cl2FN2O2S2/c25-15-4-6-17(19(27)12-15)23-18-7-5-16(26)13-22(18)32-21-8-3-14(11-20(21)28-23)24(31)29-30-9-1-2-10-30;25-15-4-6-17(19(26)12-15)23-18-7-5-16(27)13-22(18)32-21-8-3-14(11-20(21)28-23)24(31)29-30-9-1-2-10-30;1-2-3-10-27-32(29,30)16-6-9-21-20(13-16)28-23(17-7-4-14(24)11-19(17)26)18-8-5-15(25)12-22(18)31-21;1-2-3-10-27-32(29,30)16-6-9-21-20(13-16)28-23(17-7-4-14(24)11-19(17)25)18-8-5-15(26)12-22(18)31-21/h2*3-8,11-13H,1-2,9-10H2,(H,29,31);2*4-9,11-13,27H,2-3,10H2,1H3. The van der Waals surface area contributed by atoms with E-state index in [-0.39, 0.29) is 33.2 Å². The monoisotopic (exact) mass is 2020 g/mol. The molecule has 128 heavy (non-hydrogen) atoms. The van der Waals surface area contributed by atoms with Crippen LogP contribution in [0.3, 0.4) is 0 Å². The zero-order valence-electron chi connectivity index (χ0n) is 67.8. The Morgan fingerprint density at radius 1 is 0.328 bits per heavy atom. The first-order valence-electron chi connectivity index (χ1n) is 40.3. The number of fused-ring (bicyclic) bond motifs is 8. The van der Waals surface area contributed by atoms with Gasteiger partial charge in [0.25, 0.3) is 11.8 Å². The van der Waals surface area contributed by atoms with E-state index >= 15 is 0 Å². The van der Waals surface area contributed by atoms with Gasteiger partial charge in [-0.1, -0.05) is 202 Å². The van der Waals surface area contributed by atoms with Gasteiger partial charge >= 0.3 is 0 Å². The second kappa shape index (κ2) is 42.4. The molecule has 18 rings (SSSR count). The topological polar surface area (TPSA) is 206 Å². The van der Waals surface area contributed by atoms with Crippen LogP contribution in [0.1, 0.15) is 130 Å². The van der Waals surface area contributed by atoms with Crippen LogP contribution in [0, 0.1) is 11.6 Å². The third kappa shape index (κ3) is 22.9. The van der Waals surface area contributed by atoms with E-state index in [0.717, 1.165) is 129 Å². The number of unbranched alkanes of at least 4 members (excludes halogenated alkanes) is 2. The zero-order chi connectivity index (χ0) is 90.2. The van der Waals surface area contributed by atoms with E-state index in [9.17, 15) is 35.2 Å². The van der Waals surface area contributed by atoms with E-state index in [1.807, 2.05) is 90.6 Å². The molecule has 0 unspecified atom stereocenters. The molecule has 12 aromatic rings. The van der Waals surface area contributed by atoms with Gasteiger partial charge in [-0.05, 0) is 245 Å². The van der Waals surface area contributed by atoms with Gasteiger partial charge in [0.05, 0.1) is 75.5 Å². The van der Waals surface area contributed by atoms with Crippen molar-refractivity contribution in [3.05, 3.63) is 336 Å². The van der Waals surface area contributed by atoms with Gasteiger partial charge in [0, 0.05) is 164 Å². The summed E-state index contributed by atoms with van der Waals surface area (Å²) in [5, 5.41) is 9.01. The number of hydrogen-bond acceptors (Lipinski definition) is 16. The summed E-state index contributed by atoms with van der Waals surface area (Å²) in [7, 11) is -7.32. The fourth-order valence-electron chi connectivity index (χ4n) is 14.2. The maximum absolute atomic E-state index is 14.1. The Bertz CT molecular complexity index is 6370. The van der Waals surface area contributed by atoms with Crippen molar-refractivity contribution in [1.82, 2.24) is 30.3 Å². The fourth-order valence-corrected chi connectivity index (χ4v) is 23.0. The van der Waals surface area contributed by atoms with E-state index in [4.69, 9.17) is 136 Å². The van der Waals surface area contributed by atoms with Gasteiger partial charge < -0.3 is 0 Å². The minimum atomic E-state index is -3.68. The highest BCUT2D eigenvalue weighted by Crippen LogP contribution is 2.49. The van der Waals surface area contributed by atoms with E-state index < -0.39 is 20.0 Å². The Balaban J connectivity index is 0.000000131. The van der Waals surface area contributed by atoms with Crippen LogP contribution in [0.25, 0.3) is 0 Å². The molecule has 0 aliphatic carbocycles. The van der Waals surface area contributed by atoms with Crippen molar-refractivity contribution < 1.29 is 35.2 Å². The fraction of sp³-hybridized carbons (Fsp3) is 0.170. The Kier molecular flexibility index (Phi) is 31.4. The van der Waals surface area contributed by atoms with Crippen LogP contribution in [0.15, 0.2) is 287 Å². The van der Waals surface area contributed by atoms with Crippen molar-refractivity contribution in [1.29, 1.82) is 0 Å². The molecule has 6 heterocycles. The molecule has 12 aromatic carbocycles. The van der Waals surface area contributed by atoms with Crippen molar-refractivity contribution in [3.63, 3.8) is 0 Å². The van der Waals surface area contributed by atoms with Crippen LogP contribution in [0.5, 0.6) is 0 Å². The predicted octanol–water partition coefficient (Wildman–Crippen LogP) is 27.7. The first-order chi connectivity index (χ1) is 61.5. The lowest BCUT2D eigenvalue weighted by Crippen LogP contribution is -2.39. The van der Waals surface area contributed by atoms with Crippen LogP contribution in [-0.2, 0) is 20.0 Å². The number of hydrazine groups is 2. The summed E-state index contributed by atoms with van der Waals surface area (Å²) in [6.07, 6.45) is 7.64. The number of nitrogens with zero attached hydrogens (tertiary/aromatic N) is 6. The molecular weight excluding hydrogens is 1950 g/mol. The molecule has 0 atom stereocenters. The SMILES string of the molecule is CCCCNS(=O)(=O)c1ccc2c(c1)N=C(c1ccc(Cl)cc1Cl)c1ccc(Cl)cc1S2.CCCCNS(=O)(=O)c1ccc2c(c1)N=C(c1ccc(Cl)cc1Cl)c1ccc(F)cc1S2.O=C(NN1CCCC1)c1ccc2c(c1)N=C(c1ccc(Cl)cc1Cl)c1ccc(Cl)cc1S2.O=C(NN1CCCC1)c1ccc2c(c1)N=C(c1ccc(Cl)cc1Cl)c1ccc(F)cc1S2. The van der Waals surface area contributed by atoms with Crippen molar-refractivity contribution in [2.45, 2.75) is 114 Å². The minimum Gasteiger partial charge on any atom is -0.285 e. The summed E-state index contributed by atoms with van der Waals surface area (Å²) in [5.41, 5.74) is 17.8. The Labute approximate surface area is 807 Å². The van der Waals surface area contributed by atoms with Crippen molar-refractivity contribution in [3.8, 4) is 0 Å². The van der Waals surface area contributed by atoms with Crippen LogP contribution < -0.4 is 20.3 Å². The number of hydrogen-bond donors (Lipinski definition) is 4. The molecule has 6 aliphatic heterocycles. The molecule has 0 spiro atoms. The highest BCUT2D eigenvalue weighted by molar-refractivity contribution is 8.00. The molecule has 0 radical (unpaired) electrons. The molecule has 0 aromatic heterocycles. The number of halogens is 12. The number of carbonyl (C=O) groups is 2. The number of sulfonamides is 2. The largest absolute Gasteiger partial charge is 0.285 e. The summed E-state index contributed by atoms with van der Waals surface area (Å²) in [6.45, 7) is 8.21. The number of aliphatic imine (C=N–C) groups is 4. The number of nitrogens with one attached hydrogen (secondary N) is 4. The van der Waals surface area contributed by atoms with Gasteiger partial charge in [0.15, 0.2) is 0 Å². The Morgan fingerprint density at radius 3 is 0.891 bits per heavy atom. The molecule has 0 bridgehead atoms. The van der Waals surface area contributed by atoms with Crippen LogP contribution >= 0.6 is 163 Å². The lowest BCUT2D eigenvalue weighted by Gasteiger charge is -2.16. The molecule has 2 fully saturated rings. The normalized spacial score (nSPS) is 14.4. The van der Waals surface area contributed by atoms with Gasteiger partial charge in [-0.15, -0.1) is 0 Å². The first-order valence-corrected chi connectivity index (χ1v) is 50.3. The molecule has 0 saturated carbocycles. The predicted molar refractivity (Wildman–Crippen MR) is 522 cm³/mol. The molecule has 34 heteroatoms. The third-order valence-corrected chi connectivity index (χ3v) is 30.7. The van der Waals surface area contributed by atoms with Crippen molar-refractivity contribution in [2.75, 3.05) is 39.3 Å². The average Bonchev–Trinajstić information content (AvgIpc) is 1.63. The minimum absolute atomic E-state index is 0.121. The number of rotatable bonds is 18. The van der Waals surface area contributed by atoms with E-state index in [1.54, 1.807) is 127 Å². The highest BCUT2D eigenvalue weighted by Gasteiger charge is 2.31. The van der Waals surface area contributed by atoms with Crippen molar-refractivity contribution >= 4 is 241 Å². The Hall–Kier alpha value is -7.84. The second-order valence-corrected chi connectivity index (χ2v) is 41.8. The van der Waals surface area contributed by atoms with Gasteiger partial charge in [-0.25, -0.2) is 65.0 Å². The number of amides is 2. The molecule has 2 amide bonds. The van der Waals surface area contributed by atoms with Gasteiger partial charge in [0.1, 0.15) is 11.6 Å². The van der Waals surface area contributed by atoms with Crippen LogP contribution in [0.2, 0.25) is 50.2 Å². The quantitative estimate of drug-likeness (QED) is 0.0592. The van der Waals surface area contributed by atoms with Crippen LogP contribution in [0.4, 0.5) is 31.5 Å². The lowest BCUT2D eigenvalue weighted by atomic mass is 10.0. The summed E-state index contributed by atoms with van der Waals surface area (Å²) >= 11 is 68.7. The zero-order valence-corrected chi connectivity index (χ0v) is 80.3. The van der Waals surface area contributed by atoms with Gasteiger partial charge in [0.2, 0.25) is 20.0 Å². The molecule has 656 valence electrons. The summed E-state index contributed by atoms with van der Waals surface area (Å²) in [5.74, 6) is -1.01. The average molecular weight is 2020 g/mol. The summed E-state index contributed by atoms with van der Waals surface area (Å²) in [6, 6.07) is 61.8. The molecule has 16 nitrogen and oxygen atoms in total. The highest BCUT2D eigenvalue weighted by atomic mass is 35.5. The lowest BCUT2D eigenvalue weighted by molar-refractivity contribution is 0.0818. The van der Waals surface area contributed by atoms with Crippen LogP contribution in [-0.4, -0.2) is 101 Å². The smallest absolute Gasteiger partial charge is 0.265 e. The summed E-state index contributed by atoms with van der Waals surface area (Å²) < 4.78 is 84.4. The van der Waals surface area contributed by atoms with Gasteiger partial charge in [-0.3, -0.25) is 20.4 Å². The van der Waals surface area contributed by atoms with E-state index in [0.29, 0.717) is 152 Å². The Morgan fingerprint density at radius 2 is 0.594 bits per heavy atom. The third-order valence-electron chi connectivity index (χ3n) is 20.6. The molecule has 6 aliphatic rings. The second-order valence-electron chi connectivity index (χ2n) is 29.7. The van der Waals surface area contributed by atoms with E-state index in [2.05, 4.69) is 20.3 Å². The molecule has 2 saturated heterocycles. The number of carbonyl (C=O) groups excluding carboxylic acids is 2. The number of benzene rings is 12. The maximum atomic E-state index is 14.1. The first kappa shape index (κ1) is 94.8.